The Balaban J connectivity index is 0.000000172. The average Bonchev–Trinajstić information content (AvgIpc) is 3.39. The summed E-state index contributed by atoms with van der Waals surface area (Å²) in [5, 5.41) is 16.5. The zero-order valence-corrected chi connectivity index (χ0v) is 21.0. The average molecular weight is 497 g/mol. The third-order valence-corrected chi connectivity index (χ3v) is 6.92. The van der Waals surface area contributed by atoms with E-state index >= 15 is 0 Å². The predicted octanol–water partition coefficient (Wildman–Crippen LogP) is 3.00. The molecule has 2 aliphatic heterocycles. The lowest BCUT2D eigenvalue weighted by Crippen LogP contribution is -2.25. The van der Waals surface area contributed by atoms with Crippen LogP contribution < -0.4 is 15.4 Å². The van der Waals surface area contributed by atoms with Gasteiger partial charge in [0.15, 0.2) is 0 Å². The number of β-amino-alcohol motifs (C(OH)–C–C–N with tert-alkyl or cyclic N) is 1. The van der Waals surface area contributed by atoms with Crippen molar-refractivity contribution in [3.05, 3.63) is 47.8 Å². The van der Waals surface area contributed by atoms with Crippen LogP contribution in [0.5, 0.6) is 5.88 Å². The van der Waals surface area contributed by atoms with Gasteiger partial charge in [-0.15, -0.1) is 11.8 Å². The second kappa shape index (κ2) is 12.3. The number of hydrogen-bond acceptors (Lipinski definition) is 9. The van der Waals surface area contributed by atoms with Gasteiger partial charge in [0.25, 0.3) is 0 Å². The number of carbonyl (C=O) groups is 1. The minimum atomic E-state index is -0.543. The fourth-order valence-corrected chi connectivity index (χ4v) is 4.83. The molecule has 0 saturated carbocycles. The van der Waals surface area contributed by atoms with Gasteiger partial charge in [0.05, 0.1) is 40.6 Å². The summed E-state index contributed by atoms with van der Waals surface area (Å²) in [6.07, 6.45) is 3.61. The number of nitrogens with one attached hydrogen (secondary N) is 2. The molecule has 1 fully saturated rings. The molecule has 186 valence electrons. The van der Waals surface area contributed by atoms with E-state index in [2.05, 4.69) is 37.4 Å². The quantitative estimate of drug-likeness (QED) is 0.454. The number of methoxy groups -OCH3 is 1. The van der Waals surface area contributed by atoms with Crippen molar-refractivity contribution in [1.82, 2.24) is 25.2 Å². The van der Waals surface area contributed by atoms with Crippen molar-refractivity contribution in [2.45, 2.75) is 37.3 Å². The van der Waals surface area contributed by atoms with Gasteiger partial charge in [-0.2, -0.15) is 0 Å². The molecule has 2 aliphatic rings. The topological polar surface area (TPSA) is 112 Å². The molecule has 35 heavy (non-hydrogen) atoms. The number of ether oxygens (including phenoxy) is 1. The standard InChI is InChI=1S/C15H19N3O2.C10H13N3OS/c1-20-14-5-4-12-15(17-14)11(6-7-16-12)13(19)10-18-8-2-3-9-18;1-2-11-5-7-3-4-8-10(12-7)13-9(14)6-15-8/h4-7,13,19H,2-3,8-10H2,1H3;3-4,11H,2,5-6H2,1H3,(H,12,13,14)/t13-;/m1./s1. The van der Waals surface area contributed by atoms with Crippen LogP contribution in [0.4, 0.5) is 5.82 Å². The third kappa shape index (κ3) is 6.66. The summed E-state index contributed by atoms with van der Waals surface area (Å²) < 4.78 is 5.16. The fraction of sp³-hybridized carbons (Fsp3) is 0.440. The number of likely N-dealkylation sites (tertiary alicyclic amines) is 1. The number of pyridine rings is 3. The lowest BCUT2D eigenvalue weighted by molar-refractivity contribution is -0.113. The second-order valence-corrected chi connectivity index (χ2v) is 9.43. The Kier molecular flexibility index (Phi) is 8.86. The summed E-state index contributed by atoms with van der Waals surface area (Å²) in [4.78, 5) is 27.6. The van der Waals surface area contributed by atoms with E-state index in [4.69, 9.17) is 4.74 Å². The van der Waals surface area contributed by atoms with Crippen molar-refractivity contribution in [3.63, 3.8) is 0 Å². The molecule has 3 N–H and O–H groups in total. The van der Waals surface area contributed by atoms with E-state index in [-0.39, 0.29) is 5.91 Å². The van der Waals surface area contributed by atoms with Crippen molar-refractivity contribution >= 4 is 34.5 Å². The number of hydrogen-bond donors (Lipinski definition) is 3. The summed E-state index contributed by atoms with van der Waals surface area (Å²) in [6.45, 7) is 6.49. The van der Waals surface area contributed by atoms with Crippen molar-refractivity contribution in [3.8, 4) is 5.88 Å². The van der Waals surface area contributed by atoms with Crippen LogP contribution in [-0.2, 0) is 11.3 Å². The first kappa shape index (κ1) is 25.3. The molecule has 0 aromatic carbocycles. The zero-order valence-electron chi connectivity index (χ0n) is 20.2. The monoisotopic (exact) mass is 496 g/mol. The Labute approximate surface area is 209 Å². The van der Waals surface area contributed by atoms with Gasteiger partial charge in [0, 0.05) is 30.9 Å². The SMILES string of the molecule is CCNCc1ccc2c(n1)NC(=O)CS2.COc1ccc2nccc([C@H](O)CN3CCCC3)c2n1. The number of aliphatic hydroxyl groups excluding tert-OH is 1. The van der Waals surface area contributed by atoms with Crippen LogP contribution in [0.3, 0.4) is 0 Å². The van der Waals surface area contributed by atoms with Gasteiger partial charge in [-0.05, 0) is 56.7 Å². The van der Waals surface area contributed by atoms with Crippen LogP contribution in [-0.4, -0.2) is 69.9 Å². The maximum Gasteiger partial charge on any atom is 0.235 e. The maximum atomic E-state index is 11.2. The first-order chi connectivity index (χ1) is 17.1. The highest BCUT2D eigenvalue weighted by Crippen LogP contribution is 2.29. The maximum absolute atomic E-state index is 11.2. The number of carbonyl (C=O) groups excluding carboxylic acids is 1. The molecule has 5 heterocycles. The molecule has 10 heteroatoms. The largest absolute Gasteiger partial charge is 0.481 e. The second-order valence-electron chi connectivity index (χ2n) is 8.41. The van der Waals surface area contributed by atoms with Gasteiger partial charge in [-0.25, -0.2) is 9.97 Å². The predicted molar refractivity (Wildman–Crippen MR) is 138 cm³/mol. The third-order valence-electron chi connectivity index (χ3n) is 5.88. The van der Waals surface area contributed by atoms with E-state index in [0.717, 1.165) is 53.4 Å². The van der Waals surface area contributed by atoms with Gasteiger partial charge in [-0.1, -0.05) is 6.92 Å². The molecule has 0 radical (unpaired) electrons. The van der Waals surface area contributed by atoms with Gasteiger partial charge in [0.2, 0.25) is 11.8 Å². The molecular formula is C25H32N6O3S. The first-order valence-electron chi connectivity index (χ1n) is 11.9. The van der Waals surface area contributed by atoms with Gasteiger partial charge in [-0.3, -0.25) is 9.78 Å². The highest BCUT2D eigenvalue weighted by molar-refractivity contribution is 8.00. The Morgan fingerprint density at radius 2 is 2.03 bits per heavy atom. The van der Waals surface area contributed by atoms with Crippen molar-refractivity contribution in [2.24, 2.45) is 0 Å². The molecule has 3 aromatic rings. The smallest absolute Gasteiger partial charge is 0.235 e. The van der Waals surface area contributed by atoms with Crippen LogP contribution >= 0.6 is 11.8 Å². The number of anilines is 1. The molecule has 0 aliphatic carbocycles. The molecule has 0 spiro atoms. The summed E-state index contributed by atoms with van der Waals surface area (Å²) in [5.74, 6) is 1.76. The summed E-state index contributed by atoms with van der Waals surface area (Å²) in [5.41, 5.74) is 3.28. The van der Waals surface area contributed by atoms with Crippen molar-refractivity contribution < 1.29 is 14.6 Å². The normalized spacial score (nSPS) is 16.3. The first-order valence-corrected chi connectivity index (χ1v) is 12.9. The number of thioether (sulfide) groups is 1. The molecule has 1 atom stereocenters. The van der Waals surface area contributed by atoms with Crippen molar-refractivity contribution in [1.29, 1.82) is 0 Å². The Morgan fingerprint density at radius 3 is 2.80 bits per heavy atom. The van der Waals surface area contributed by atoms with Crippen LogP contribution in [0.25, 0.3) is 11.0 Å². The summed E-state index contributed by atoms with van der Waals surface area (Å²) in [7, 11) is 1.59. The molecule has 9 nitrogen and oxygen atoms in total. The van der Waals surface area contributed by atoms with E-state index in [9.17, 15) is 9.90 Å². The molecule has 0 unspecified atom stereocenters. The number of amides is 1. The number of aliphatic hydroxyl groups is 1. The molecule has 5 rings (SSSR count). The van der Waals surface area contributed by atoms with E-state index in [1.54, 1.807) is 19.4 Å². The number of aromatic nitrogens is 3. The lowest BCUT2D eigenvalue weighted by atomic mass is 10.1. The molecule has 0 bridgehead atoms. The van der Waals surface area contributed by atoms with Gasteiger partial charge in [0.1, 0.15) is 5.82 Å². The molecule has 3 aromatic heterocycles. The number of nitrogens with zero attached hydrogens (tertiary/aromatic N) is 4. The number of rotatable bonds is 7. The Morgan fingerprint density at radius 1 is 1.20 bits per heavy atom. The van der Waals surface area contributed by atoms with E-state index < -0.39 is 6.10 Å². The van der Waals surface area contributed by atoms with E-state index in [1.807, 2.05) is 24.3 Å². The summed E-state index contributed by atoms with van der Waals surface area (Å²) in [6, 6.07) is 9.50. The number of fused-ring (bicyclic) bond motifs is 2. The van der Waals surface area contributed by atoms with Gasteiger partial charge >= 0.3 is 0 Å². The van der Waals surface area contributed by atoms with Crippen LogP contribution in [0.1, 0.15) is 37.1 Å². The van der Waals surface area contributed by atoms with E-state index in [0.29, 0.717) is 24.0 Å². The highest BCUT2D eigenvalue weighted by atomic mass is 32.2. The zero-order chi connectivity index (χ0) is 24.6. The molecular weight excluding hydrogens is 464 g/mol. The van der Waals surface area contributed by atoms with Crippen LogP contribution in [0.15, 0.2) is 41.4 Å². The van der Waals surface area contributed by atoms with Gasteiger partial charge < -0.3 is 25.4 Å². The molecule has 1 amide bonds. The van der Waals surface area contributed by atoms with Crippen LogP contribution in [0.2, 0.25) is 0 Å². The Bertz CT molecular complexity index is 1160. The summed E-state index contributed by atoms with van der Waals surface area (Å²) >= 11 is 1.53. The minimum absolute atomic E-state index is 0.0283. The van der Waals surface area contributed by atoms with E-state index in [1.165, 1.54) is 24.6 Å². The highest BCUT2D eigenvalue weighted by Gasteiger charge is 2.20. The fourth-order valence-electron chi connectivity index (χ4n) is 4.07. The minimum Gasteiger partial charge on any atom is -0.481 e. The lowest BCUT2D eigenvalue weighted by Gasteiger charge is -2.20. The Hall–Kier alpha value is -2.79. The van der Waals surface area contributed by atoms with Crippen molar-refractivity contribution in [2.75, 3.05) is 44.4 Å². The van der Waals surface area contributed by atoms with Crippen LogP contribution in [0, 0.1) is 0 Å². The molecule has 1 saturated heterocycles.